The van der Waals surface area contributed by atoms with Gasteiger partial charge < -0.3 is 24.7 Å². The summed E-state index contributed by atoms with van der Waals surface area (Å²) in [5.74, 6) is 4.84. The molecule has 0 bridgehead atoms. The van der Waals surface area contributed by atoms with Gasteiger partial charge in [-0.25, -0.2) is 0 Å². The molecule has 7 nitrogen and oxygen atoms in total. The molecule has 0 unspecified atom stereocenters. The van der Waals surface area contributed by atoms with E-state index >= 15 is 0 Å². The maximum Gasteiger partial charge on any atom is 0.234 e. The van der Waals surface area contributed by atoms with Gasteiger partial charge in [0.1, 0.15) is 23.1 Å². The van der Waals surface area contributed by atoms with E-state index in [2.05, 4.69) is 27.4 Å². The fourth-order valence-electron chi connectivity index (χ4n) is 3.42. The quantitative estimate of drug-likeness (QED) is 0.528. The summed E-state index contributed by atoms with van der Waals surface area (Å²) in [5, 5.41) is 6.63. The third-order valence-electron chi connectivity index (χ3n) is 5.21. The van der Waals surface area contributed by atoms with Crippen molar-refractivity contribution >= 4 is 29.1 Å². The number of hydrogen-bond acceptors (Lipinski definition) is 6. The highest BCUT2D eigenvalue weighted by Gasteiger charge is 2.19. The number of rotatable bonds is 6. The molecule has 1 aliphatic rings. The molecular formula is C23H27N5O2S. The van der Waals surface area contributed by atoms with E-state index in [1.807, 2.05) is 55.5 Å². The van der Waals surface area contributed by atoms with Crippen LogP contribution in [0.1, 0.15) is 31.3 Å². The van der Waals surface area contributed by atoms with Crippen LogP contribution >= 0.6 is 12.2 Å². The van der Waals surface area contributed by atoms with Crippen molar-refractivity contribution in [3.8, 4) is 11.6 Å². The Bertz CT molecular complexity index is 1020. The zero-order chi connectivity index (χ0) is 21.6. The minimum absolute atomic E-state index is 0.398. The second-order valence-corrected chi connectivity index (χ2v) is 8.20. The maximum atomic E-state index is 5.99. The van der Waals surface area contributed by atoms with E-state index in [0.29, 0.717) is 23.5 Å². The Morgan fingerprint density at radius 3 is 2.65 bits per heavy atom. The molecule has 0 amide bonds. The van der Waals surface area contributed by atoms with Gasteiger partial charge in [0.15, 0.2) is 5.11 Å². The average Bonchev–Trinajstić information content (AvgIpc) is 3.18. The van der Waals surface area contributed by atoms with Crippen LogP contribution in [0.3, 0.4) is 0 Å². The lowest BCUT2D eigenvalue weighted by Crippen LogP contribution is -2.34. The van der Waals surface area contributed by atoms with Crippen molar-refractivity contribution in [3.63, 3.8) is 0 Å². The molecule has 1 aromatic carbocycles. The largest absolute Gasteiger partial charge is 0.465 e. The summed E-state index contributed by atoms with van der Waals surface area (Å²) in [6, 6.07) is 15.3. The van der Waals surface area contributed by atoms with Crippen LogP contribution in [0.2, 0.25) is 0 Å². The minimum Gasteiger partial charge on any atom is -0.465 e. The average molecular weight is 438 g/mol. The molecule has 1 fully saturated rings. The van der Waals surface area contributed by atoms with E-state index in [4.69, 9.17) is 26.4 Å². The Morgan fingerprint density at radius 2 is 1.94 bits per heavy atom. The van der Waals surface area contributed by atoms with Crippen LogP contribution in [0, 0.1) is 12.8 Å². The Labute approximate surface area is 187 Å². The maximum absolute atomic E-state index is 5.99. The van der Waals surface area contributed by atoms with Crippen LogP contribution in [-0.4, -0.2) is 28.2 Å². The molecule has 0 radical (unpaired) electrons. The SMILES string of the molecule is Cc1ccc(CNC(=S)Nc2nc(Oc3ccccc3)cc(N3CCC(C)CC3)n2)o1. The van der Waals surface area contributed by atoms with Crippen LogP contribution in [0.25, 0.3) is 0 Å². The number of nitrogens with one attached hydrogen (secondary N) is 2. The third kappa shape index (κ3) is 5.95. The van der Waals surface area contributed by atoms with Crippen LogP contribution < -0.4 is 20.3 Å². The Balaban J connectivity index is 1.49. The summed E-state index contributed by atoms with van der Waals surface area (Å²) in [4.78, 5) is 11.5. The number of piperidine rings is 1. The molecule has 8 heteroatoms. The van der Waals surface area contributed by atoms with Gasteiger partial charge in [-0.15, -0.1) is 0 Å². The smallest absolute Gasteiger partial charge is 0.234 e. The Hall–Kier alpha value is -3.13. The summed E-state index contributed by atoms with van der Waals surface area (Å²) in [7, 11) is 0. The molecule has 1 aliphatic heterocycles. The number of ether oxygens (including phenoxy) is 1. The number of aryl methyl sites for hydroxylation is 1. The van der Waals surface area contributed by atoms with Gasteiger partial charge in [-0.2, -0.15) is 9.97 Å². The van der Waals surface area contributed by atoms with Crippen LogP contribution in [0.15, 0.2) is 52.9 Å². The normalized spacial score (nSPS) is 14.3. The van der Waals surface area contributed by atoms with Crippen molar-refractivity contribution in [1.29, 1.82) is 0 Å². The molecule has 0 aliphatic carbocycles. The molecule has 0 atom stereocenters. The summed E-state index contributed by atoms with van der Waals surface area (Å²) < 4.78 is 11.6. The number of hydrogen-bond donors (Lipinski definition) is 2. The van der Waals surface area contributed by atoms with Gasteiger partial charge in [0.05, 0.1) is 6.54 Å². The van der Waals surface area contributed by atoms with Crippen LogP contribution in [0.4, 0.5) is 11.8 Å². The number of furan rings is 1. The number of anilines is 2. The first-order chi connectivity index (χ1) is 15.0. The van der Waals surface area contributed by atoms with Crippen LogP contribution in [-0.2, 0) is 6.54 Å². The lowest BCUT2D eigenvalue weighted by molar-refractivity contribution is 0.434. The molecular weight excluding hydrogens is 410 g/mol. The van der Waals surface area contributed by atoms with Gasteiger partial charge in [-0.3, -0.25) is 0 Å². The van der Waals surface area contributed by atoms with Gasteiger partial charge in [0, 0.05) is 19.2 Å². The minimum atomic E-state index is 0.398. The zero-order valence-electron chi connectivity index (χ0n) is 17.8. The number of thiocarbonyl (C=S) groups is 1. The van der Waals surface area contributed by atoms with E-state index in [1.54, 1.807) is 0 Å². The number of nitrogens with zero attached hydrogens (tertiary/aromatic N) is 3. The molecule has 1 saturated heterocycles. The van der Waals surface area contributed by atoms with Crippen molar-refractivity contribution < 1.29 is 9.15 Å². The fraction of sp³-hybridized carbons (Fsp3) is 0.348. The predicted octanol–water partition coefficient (Wildman–Crippen LogP) is 4.89. The lowest BCUT2D eigenvalue weighted by Gasteiger charge is -2.31. The summed E-state index contributed by atoms with van der Waals surface area (Å²) >= 11 is 5.43. The van der Waals surface area contributed by atoms with E-state index in [9.17, 15) is 0 Å². The summed E-state index contributed by atoms with van der Waals surface area (Å²) in [6.45, 7) is 6.61. The van der Waals surface area contributed by atoms with Gasteiger partial charge in [-0.1, -0.05) is 25.1 Å². The van der Waals surface area contributed by atoms with E-state index in [0.717, 1.165) is 54.9 Å². The molecule has 2 N–H and O–H groups in total. The first-order valence-corrected chi connectivity index (χ1v) is 10.9. The van der Waals surface area contributed by atoms with Gasteiger partial charge in [0.25, 0.3) is 0 Å². The molecule has 3 heterocycles. The van der Waals surface area contributed by atoms with Gasteiger partial charge >= 0.3 is 0 Å². The highest BCUT2D eigenvalue weighted by atomic mass is 32.1. The van der Waals surface area contributed by atoms with Crippen LogP contribution in [0.5, 0.6) is 11.6 Å². The standard InChI is InChI=1S/C23H27N5O2S/c1-16-10-12-28(13-11-16)20-14-21(30-18-6-4-3-5-7-18)26-22(25-20)27-23(31)24-15-19-9-8-17(2)29-19/h3-9,14,16H,10-13,15H2,1-2H3,(H2,24,25,26,27,31). The molecule has 31 heavy (non-hydrogen) atoms. The molecule has 0 saturated carbocycles. The molecule has 4 rings (SSSR count). The monoisotopic (exact) mass is 437 g/mol. The van der Waals surface area contributed by atoms with E-state index in [1.165, 1.54) is 0 Å². The van der Waals surface area contributed by atoms with Gasteiger partial charge in [0.2, 0.25) is 11.8 Å². The molecule has 2 aromatic heterocycles. The molecule has 0 spiro atoms. The molecule has 3 aromatic rings. The summed E-state index contributed by atoms with van der Waals surface area (Å²) in [6.07, 6.45) is 2.29. The number of aromatic nitrogens is 2. The van der Waals surface area contributed by atoms with Crippen molar-refractivity contribution in [2.45, 2.75) is 33.2 Å². The van der Waals surface area contributed by atoms with Gasteiger partial charge in [-0.05, 0) is 62.2 Å². The van der Waals surface area contributed by atoms with E-state index in [-0.39, 0.29) is 0 Å². The summed E-state index contributed by atoms with van der Waals surface area (Å²) in [5.41, 5.74) is 0. The first kappa shape index (κ1) is 21.1. The van der Waals surface area contributed by atoms with Crippen molar-refractivity contribution in [3.05, 3.63) is 60.1 Å². The van der Waals surface area contributed by atoms with E-state index < -0.39 is 0 Å². The molecule has 162 valence electrons. The number of benzene rings is 1. The third-order valence-corrected chi connectivity index (χ3v) is 5.45. The zero-order valence-corrected chi connectivity index (χ0v) is 18.6. The second kappa shape index (κ2) is 9.78. The topological polar surface area (TPSA) is 75.5 Å². The highest BCUT2D eigenvalue weighted by Crippen LogP contribution is 2.27. The predicted molar refractivity (Wildman–Crippen MR) is 126 cm³/mol. The fourth-order valence-corrected chi connectivity index (χ4v) is 3.59. The second-order valence-electron chi connectivity index (χ2n) is 7.79. The first-order valence-electron chi connectivity index (χ1n) is 10.5. The van der Waals surface area contributed by atoms with Crippen molar-refractivity contribution in [1.82, 2.24) is 15.3 Å². The van der Waals surface area contributed by atoms with Crippen molar-refractivity contribution in [2.75, 3.05) is 23.3 Å². The van der Waals surface area contributed by atoms with Crippen molar-refractivity contribution in [2.24, 2.45) is 5.92 Å². The Morgan fingerprint density at radius 1 is 1.16 bits per heavy atom. The Kier molecular flexibility index (Phi) is 6.66. The highest BCUT2D eigenvalue weighted by molar-refractivity contribution is 7.80. The lowest BCUT2D eigenvalue weighted by atomic mass is 9.99. The number of para-hydroxylation sites is 1.